The number of rotatable bonds is 2. The third-order valence-electron chi connectivity index (χ3n) is 3.05. The van der Waals surface area contributed by atoms with E-state index in [1.54, 1.807) is 13.8 Å². The number of halogens is 4. The zero-order chi connectivity index (χ0) is 15.9. The Hall–Kier alpha value is -1.95. The van der Waals surface area contributed by atoms with Crippen molar-refractivity contribution in [3.63, 3.8) is 0 Å². The fraction of sp³-hybridized carbons (Fsp3) is 0.214. The van der Waals surface area contributed by atoms with Crippen LogP contribution in [0.25, 0.3) is 0 Å². The van der Waals surface area contributed by atoms with Crippen LogP contribution in [0.1, 0.15) is 16.8 Å². The maximum absolute atomic E-state index is 14.0. The van der Waals surface area contributed by atoms with Crippen LogP contribution < -0.4 is 10.5 Å². The topological polar surface area (TPSA) is 48.1 Å². The second-order valence-corrected chi connectivity index (χ2v) is 4.96. The number of aryl methyl sites for hydroxylation is 2. The normalized spacial score (nSPS) is 10.8. The number of nitrogens with zero attached hydrogens (tertiary/aromatic N) is 1. The minimum Gasteiger partial charge on any atom is -0.449 e. The quantitative estimate of drug-likeness (QED) is 0.657. The third-order valence-corrected chi connectivity index (χ3v) is 3.50. The van der Waals surface area contributed by atoms with Crippen molar-refractivity contribution < 1.29 is 17.9 Å². The summed E-state index contributed by atoms with van der Waals surface area (Å²) in [5, 5.41) is -0.610. The molecule has 0 spiro atoms. The van der Waals surface area contributed by atoms with Gasteiger partial charge in [0.1, 0.15) is 11.6 Å². The van der Waals surface area contributed by atoms with E-state index < -0.39 is 28.2 Å². The molecule has 3 nitrogen and oxygen atoms in total. The van der Waals surface area contributed by atoms with Crippen LogP contribution in [0.4, 0.5) is 19.0 Å². The summed E-state index contributed by atoms with van der Waals surface area (Å²) in [5.74, 6) is -4.41. The molecule has 0 amide bonds. The predicted octanol–water partition coefficient (Wildman–Crippen LogP) is 4.45. The van der Waals surface area contributed by atoms with Crippen molar-refractivity contribution >= 4 is 17.4 Å². The molecule has 2 N–H and O–H groups in total. The molecule has 0 bridgehead atoms. The Bertz CT molecular complexity index is 706. The summed E-state index contributed by atoms with van der Waals surface area (Å²) in [6.07, 6.45) is 0. The molecule has 0 saturated heterocycles. The van der Waals surface area contributed by atoms with Crippen LogP contribution in [-0.2, 0) is 0 Å². The molecular formula is C14H12ClF3N2O. The molecule has 21 heavy (non-hydrogen) atoms. The number of ether oxygens (including phenoxy) is 1. The molecule has 2 aromatic rings. The fourth-order valence-corrected chi connectivity index (χ4v) is 1.89. The van der Waals surface area contributed by atoms with Crippen LogP contribution in [0.2, 0.25) is 5.02 Å². The molecule has 1 aromatic heterocycles. The van der Waals surface area contributed by atoms with Gasteiger partial charge in [-0.05, 0) is 32.4 Å². The number of aromatic nitrogens is 1. The van der Waals surface area contributed by atoms with Crippen molar-refractivity contribution in [3.05, 3.63) is 45.4 Å². The molecule has 2 rings (SSSR count). The predicted molar refractivity (Wildman–Crippen MR) is 74.3 cm³/mol. The van der Waals surface area contributed by atoms with Crippen LogP contribution in [0.15, 0.2) is 6.07 Å². The highest BCUT2D eigenvalue weighted by Gasteiger charge is 2.24. The van der Waals surface area contributed by atoms with Crippen LogP contribution >= 0.6 is 11.6 Å². The Morgan fingerprint density at radius 2 is 1.71 bits per heavy atom. The van der Waals surface area contributed by atoms with Gasteiger partial charge in [-0.25, -0.2) is 13.8 Å². The second kappa shape index (κ2) is 5.44. The lowest BCUT2D eigenvalue weighted by molar-refractivity contribution is 0.382. The molecule has 0 radical (unpaired) electrons. The number of pyridine rings is 1. The van der Waals surface area contributed by atoms with Gasteiger partial charge in [0.2, 0.25) is 11.6 Å². The number of anilines is 1. The fourth-order valence-electron chi connectivity index (χ4n) is 1.73. The van der Waals surface area contributed by atoms with E-state index in [4.69, 9.17) is 22.1 Å². The van der Waals surface area contributed by atoms with Gasteiger partial charge in [-0.1, -0.05) is 11.6 Å². The van der Waals surface area contributed by atoms with Crippen molar-refractivity contribution in [1.29, 1.82) is 0 Å². The number of benzene rings is 1. The van der Waals surface area contributed by atoms with Crippen LogP contribution in [0, 0.1) is 38.2 Å². The first-order valence-corrected chi connectivity index (χ1v) is 6.36. The first kappa shape index (κ1) is 15.4. The van der Waals surface area contributed by atoms with Crippen LogP contribution in [0.5, 0.6) is 11.5 Å². The van der Waals surface area contributed by atoms with E-state index in [1.807, 2.05) is 0 Å². The van der Waals surface area contributed by atoms with Gasteiger partial charge >= 0.3 is 0 Å². The number of nitrogens with two attached hydrogens (primary N) is 1. The summed E-state index contributed by atoms with van der Waals surface area (Å²) in [5.41, 5.74) is 6.28. The van der Waals surface area contributed by atoms with E-state index in [0.29, 0.717) is 11.3 Å². The van der Waals surface area contributed by atoms with E-state index in [1.165, 1.54) is 13.0 Å². The number of hydrogen-bond donors (Lipinski definition) is 1. The molecule has 0 aliphatic carbocycles. The zero-order valence-corrected chi connectivity index (χ0v) is 12.3. The largest absolute Gasteiger partial charge is 0.449 e. The van der Waals surface area contributed by atoms with Gasteiger partial charge in [-0.15, -0.1) is 0 Å². The monoisotopic (exact) mass is 316 g/mol. The molecule has 0 saturated carbocycles. The molecule has 7 heteroatoms. The Morgan fingerprint density at radius 1 is 1.10 bits per heavy atom. The average Bonchev–Trinajstić information content (AvgIpc) is 2.44. The molecule has 1 heterocycles. The van der Waals surface area contributed by atoms with E-state index in [2.05, 4.69) is 4.98 Å². The SMILES string of the molecule is Cc1cc(Oc2c(F)c(C)c(Cl)c(F)c2F)c(C)nc1N. The number of nitrogen functional groups attached to an aromatic ring is 1. The molecule has 112 valence electrons. The van der Waals surface area contributed by atoms with Crippen molar-refractivity contribution in [2.24, 2.45) is 0 Å². The van der Waals surface area contributed by atoms with Gasteiger partial charge in [0.05, 0.1) is 10.7 Å². The molecule has 0 aliphatic rings. The molecule has 0 aliphatic heterocycles. The highest BCUT2D eigenvalue weighted by molar-refractivity contribution is 6.31. The molecule has 0 fully saturated rings. The van der Waals surface area contributed by atoms with E-state index >= 15 is 0 Å². The molecular weight excluding hydrogens is 305 g/mol. The zero-order valence-electron chi connectivity index (χ0n) is 11.5. The van der Waals surface area contributed by atoms with Gasteiger partial charge in [-0.3, -0.25) is 0 Å². The summed E-state index contributed by atoms with van der Waals surface area (Å²) in [7, 11) is 0. The van der Waals surface area contributed by atoms with Crippen molar-refractivity contribution in [1.82, 2.24) is 4.98 Å². The Labute approximate surface area is 124 Å². The minimum absolute atomic E-state index is 0.0839. The second-order valence-electron chi connectivity index (χ2n) is 4.59. The maximum Gasteiger partial charge on any atom is 0.205 e. The van der Waals surface area contributed by atoms with E-state index in [0.717, 1.165) is 0 Å². The van der Waals surface area contributed by atoms with Gasteiger partial charge in [0.15, 0.2) is 11.6 Å². The first-order valence-electron chi connectivity index (χ1n) is 5.98. The average molecular weight is 317 g/mol. The van der Waals surface area contributed by atoms with Crippen LogP contribution in [-0.4, -0.2) is 4.98 Å². The molecule has 0 atom stereocenters. The highest BCUT2D eigenvalue weighted by atomic mass is 35.5. The Balaban J connectivity index is 2.58. The van der Waals surface area contributed by atoms with Gasteiger partial charge in [0, 0.05) is 5.56 Å². The Kier molecular flexibility index (Phi) is 4.00. The van der Waals surface area contributed by atoms with E-state index in [9.17, 15) is 13.2 Å². The molecule has 1 aromatic carbocycles. The lowest BCUT2D eigenvalue weighted by Gasteiger charge is -2.14. The van der Waals surface area contributed by atoms with Crippen molar-refractivity contribution in [2.75, 3.05) is 5.73 Å². The summed E-state index contributed by atoms with van der Waals surface area (Å²) >= 11 is 5.50. The Morgan fingerprint density at radius 3 is 2.33 bits per heavy atom. The lowest BCUT2D eigenvalue weighted by Crippen LogP contribution is -2.03. The third kappa shape index (κ3) is 2.63. The summed E-state index contributed by atoms with van der Waals surface area (Å²) in [4.78, 5) is 3.98. The smallest absolute Gasteiger partial charge is 0.205 e. The molecule has 0 unspecified atom stereocenters. The van der Waals surface area contributed by atoms with Crippen molar-refractivity contribution in [2.45, 2.75) is 20.8 Å². The first-order chi connectivity index (χ1) is 9.73. The van der Waals surface area contributed by atoms with Gasteiger partial charge < -0.3 is 10.5 Å². The van der Waals surface area contributed by atoms with Gasteiger partial charge in [0.25, 0.3) is 0 Å². The summed E-state index contributed by atoms with van der Waals surface area (Å²) in [6, 6.07) is 1.47. The lowest BCUT2D eigenvalue weighted by atomic mass is 10.2. The summed E-state index contributed by atoms with van der Waals surface area (Å²) in [6.45, 7) is 4.45. The van der Waals surface area contributed by atoms with Crippen LogP contribution in [0.3, 0.4) is 0 Å². The minimum atomic E-state index is -1.49. The van der Waals surface area contributed by atoms with Gasteiger partial charge in [-0.2, -0.15) is 4.39 Å². The standard InChI is InChI=1S/C14H12ClF3N2O/c1-5-4-8(7(3)20-14(5)19)21-13-10(16)6(2)9(15)11(17)12(13)18/h4H,1-3H3,(H2,19,20). The number of hydrogen-bond acceptors (Lipinski definition) is 3. The highest BCUT2D eigenvalue weighted by Crippen LogP contribution is 2.36. The van der Waals surface area contributed by atoms with E-state index in [-0.39, 0.29) is 17.1 Å². The summed E-state index contributed by atoms with van der Waals surface area (Å²) < 4.78 is 46.6. The maximum atomic E-state index is 14.0. The van der Waals surface area contributed by atoms with Crippen molar-refractivity contribution in [3.8, 4) is 11.5 Å².